The smallest absolute Gasteiger partial charge is 0.462 e. The summed E-state index contributed by atoms with van der Waals surface area (Å²) in [6.45, 7) is 0. The van der Waals surface area contributed by atoms with Crippen molar-refractivity contribution in [3.63, 3.8) is 0 Å². The topological polar surface area (TPSA) is 47.6 Å². The van der Waals surface area contributed by atoms with E-state index in [0.717, 1.165) is 0 Å². The Hall–Kier alpha value is -2.53. The molecule has 0 saturated carbocycles. The lowest BCUT2D eigenvalue weighted by Crippen LogP contribution is -2.62. The van der Waals surface area contributed by atoms with Crippen molar-refractivity contribution in [2.45, 2.75) is 36.4 Å². The minimum absolute atomic E-state index is 0.171. The Morgan fingerprint density at radius 1 is 0.812 bits per heavy atom. The van der Waals surface area contributed by atoms with Crippen LogP contribution in [0.15, 0.2) is 18.2 Å². The van der Waals surface area contributed by atoms with Gasteiger partial charge in [-0.15, -0.1) is 0 Å². The number of amides is 1. The molecule has 0 radical (unpaired) electrons. The summed E-state index contributed by atoms with van der Waals surface area (Å²) in [5.74, 6) is -18.4. The zero-order valence-electron chi connectivity index (χ0n) is 14.7. The Kier molecular flexibility index (Phi) is 6.97. The highest BCUT2D eigenvalue weighted by molar-refractivity contribution is 5.98. The van der Waals surface area contributed by atoms with Gasteiger partial charge in [0.05, 0.1) is 18.4 Å². The summed E-state index contributed by atoms with van der Waals surface area (Å²) in [5, 5.41) is 0.690. The van der Waals surface area contributed by atoms with Crippen LogP contribution in [0, 0.1) is 0 Å². The van der Waals surface area contributed by atoms with Crippen molar-refractivity contribution < 1.29 is 75.7 Å². The largest absolute Gasteiger partial charge is 0.495 e. The number of carbonyl (C=O) groups excluding carboxylic acids is 1. The summed E-state index contributed by atoms with van der Waals surface area (Å²) >= 11 is 0. The molecule has 4 nitrogen and oxygen atoms in total. The summed E-state index contributed by atoms with van der Waals surface area (Å²) in [4.78, 5) is 11.6. The van der Waals surface area contributed by atoms with Crippen LogP contribution in [0.25, 0.3) is 0 Å². The molecule has 1 aromatic carbocycles. The molecule has 0 bridgehead atoms. The first kappa shape index (κ1) is 27.5. The standard InChI is InChI=1S/C14H7F14NO3/c1-31-7-3-2-5(10(16,17)18)4-6(7)29-8(30)9(15,12(21,22)23)32-14(27,28)11(19,20)13(24,25)26/h2-4H,1H3,(H,29,30)/t9-/m1/s1. The van der Waals surface area contributed by atoms with Crippen molar-refractivity contribution in [1.29, 1.82) is 0 Å². The van der Waals surface area contributed by atoms with Gasteiger partial charge in [-0.2, -0.15) is 61.5 Å². The number of rotatable bonds is 6. The van der Waals surface area contributed by atoms with Crippen LogP contribution in [0.2, 0.25) is 0 Å². The van der Waals surface area contributed by atoms with E-state index in [2.05, 4.69) is 4.74 Å². The molecule has 0 spiro atoms. The third kappa shape index (κ3) is 5.09. The van der Waals surface area contributed by atoms with Crippen LogP contribution in [-0.2, 0) is 15.7 Å². The average molecular weight is 503 g/mol. The van der Waals surface area contributed by atoms with Gasteiger partial charge in [-0.3, -0.25) is 9.53 Å². The highest BCUT2D eigenvalue weighted by Gasteiger charge is 2.79. The molecule has 1 amide bonds. The second-order valence-electron chi connectivity index (χ2n) is 5.65. The van der Waals surface area contributed by atoms with E-state index in [1.54, 1.807) is 0 Å². The number of nitrogens with one attached hydrogen (secondary N) is 1. The minimum Gasteiger partial charge on any atom is -0.495 e. The molecule has 0 heterocycles. The maximum Gasteiger partial charge on any atom is 0.462 e. The molecular weight excluding hydrogens is 496 g/mol. The molecule has 1 atom stereocenters. The molecule has 0 aromatic heterocycles. The SMILES string of the molecule is COc1ccc(C(F)(F)F)cc1NC(=O)[C@@](F)(OC(F)(F)C(F)(F)C(F)(F)F)C(F)(F)F. The van der Waals surface area contributed by atoms with Crippen LogP contribution in [0.4, 0.5) is 67.2 Å². The zero-order chi connectivity index (χ0) is 25.6. The highest BCUT2D eigenvalue weighted by atomic mass is 19.4. The Morgan fingerprint density at radius 3 is 1.69 bits per heavy atom. The fourth-order valence-electron chi connectivity index (χ4n) is 1.82. The first-order chi connectivity index (χ1) is 14.0. The normalized spacial score (nSPS) is 15.8. The number of hydrogen-bond acceptors (Lipinski definition) is 3. The predicted octanol–water partition coefficient (Wildman–Crippen LogP) is 5.69. The van der Waals surface area contributed by atoms with E-state index in [9.17, 15) is 66.3 Å². The molecule has 0 aliphatic heterocycles. The van der Waals surface area contributed by atoms with Crippen molar-refractivity contribution in [1.82, 2.24) is 0 Å². The molecule has 0 aliphatic carbocycles. The van der Waals surface area contributed by atoms with Gasteiger partial charge >= 0.3 is 36.4 Å². The van der Waals surface area contributed by atoms with Crippen LogP contribution in [-0.4, -0.2) is 43.3 Å². The molecule has 0 aliphatic rings. The van der Waals surface area contributed by atoms with Gasteiger partial charge in [0.25, 0.3) is 5.91 Å². The predicted molar refractivity (Wildman–Crippen MR) is 73.6 cm³/mol. The number of carbonyl (C=O) groups is 1. The van der Waals surface area contributed by atoms with E-state index >= 15 is 0 Å². The Morgan fingerprint density at radius 2 is 1.31 bits per heavy atom. The Bertz CT molecular complexity index is 845. The van der Waals surface area contributed by atoms with E-state index < -0.39 is 59.3 Å². The summed E-state index contributed by atoms with van der Waals surface area (Å²) in [5.41, 5.74) is -3.15. The number of anilines is 1. The first-order valence-corrected chi connectivity index (χ1v) is 7.36. The van der Waals surface area contributed by atoms with E-state index in [0.29, 0.717) is 18.5 Å². The number of benzene rings is 1. The van der Waals surface area contributed by atoms with E-state index in [-0.39, 0.29) is 12.1 Å². The van der Waals surface area contributed by atoms with Crippen molar-refractivity contribution >= 4 is 11.6 Å². The molecule has 0 saturated heterocycles. The van der Waals surface area contributed by atoms with E-state index in [1.807, 2.05) is 4.74 Å². The summed E-state index contributed by atoms with van der Waals surface area (Å²) < 4.78 is 186. The van der Waals surface area contributed by atoms with Crippen LogP contribution in [0.5, 0.6) is 5.75 Å². The molecule has 32 heavy (non-hydrogen) atoms. The van der Waals surface area contributed by atoms with Crippen LogP contribution in [0.3, 0.4) is 0 Å². The number of alkyl halides is 14. The van der Waals surface area contributed by atoms with E-state index in [4.69, 9.17) is 0 Å². The minimum atomic E-state index is -7.42. The second-order valence-corrected chi connectivity index (χ2v) is 5.65. The van der Waals surface area contributed by atoms with Gasteiger partial charge in [0.15, 0.2) is 0 Å². The average Bonchev–Trinajstić information content (AvgIpc) is 2.58. The summed E-state index contributed by atoms with van der Waals surface area (Å²) in [7, 11) is 0.680. The second kappa shape index (κ2) is 8.11. The zero-order valence-corrected chi connectivity index (χ0v) is 14.7. The lowest BCUT2D eigenvalue weighted by molar-refractivity contribution is -0.472. The monoisotopic (exact) mass is 503 g/mol. The van der Waals surface area contributed by atoms with E-state index in [1.165, 1.54) is 0 Å². The molecule has 1 rings (SSSR count). The molecule has 1 N–H and O–H groups in total. The van der Waals surface area contributed by atoms with Gasteiger partial charge in [0.1, 0.15) is 5.75 Å². The van der Waals surface area contributed by atoms with Crippen LogP contribution in [0.1, 0.15) is 5.56 Å². The van der Waals surface area contributed by atoms with Crippen molar-refractivity contribution in [3.05, 3.63) is 23.8 Å². The lowest BCUT2D eigenvalue weighted by atomic mass is 10.1. The molecule has 18 heteroatoms. The van der Waals surface area contributed by atoms with Crippen molar-refractivity contribution in [2.75, 3.05) is 12.4 Å². The number of hydrogen-bond donors (Lipinski definition) is 1. The lowest BCUT2D eigenvalue weighted by Gasteiger charge is -2.34. The number of halogens is 14. The molecular formula is C14H7F14NO3. The third-order valence-electron chi connectivity index (χ3n) is 3.42. The fraction of sp³-hybridized carbons (Fsp3) is 0.500. The molecule has 184 valence electrons. The Labute approximate surface area is 167 Å². The molecule has 0 unspecified atom stereocenters. The molecule has 1 aromatic rings. The number of ether oxygens (including phenoxy) is 2. The first-order valence-electron chi connectivity index (χ1n) is 7.36. The van der Waals surface area contributed by atoms with Gasteiger partial charge in [-0.25, -0.2) is 0 Å². The van der Waals surface area contributed by atoms with Gasteiger partial charge < -0.3 is 10.1 Å². The Balaban J connectivity index is 3.49. The quantitative estimate of drug-likeness (QED) is 0.508. The van der Waals surface area contributed by atoms with Gasteiger partial charge in [-0.05, 0) is 18.2 Å². The fourth-order valence-corrected chi connectivity index (χ4v) is 1.82. The maximum absolute atomic E-state index is 14.2. The van der Waals surface area contributed by atoms with Crippen LogP contribution >= 0.6 is 0 Å². The van der Waals surface area contributed by atoms with Crippen molar-refractivity contribution in [3.8, 4) is 5.75 Å². The van der Waals surface area contributed by atoms with Crippen LogP contribution < -0.4 is 10.1 Å². The molecule has 0 fully saturated rings. The highest BCUT2D eigenvalue weighted by Crippen LogP contribution is 2.51. The van der Waals surface area contributed by atoms with Crippen molar-refractivity contribution in [2.24, 2.45) is 0 Å². The van der Waals surface area contributed by atoms with Gasteiger partial charge in [0, 0.05) is 0 Å². The third-order valence-corrected chi connectivity index (χ3v) is 3.42. The summed E-state index contributed by atoms with van der Waals surface area (Å²) in [6, 6.07) is 0.463. The summed E-state index contributed by atoms with van der Waals surface area (Å²) in [6.07, 6.45) is -26.8. The van der Waals surface area contributed by atoms with Gasteiger partial charge in [0.2, 0.25) is 0 Å². The number of methoxy groups -OCH3 is 1. The maximum atomic E-state index is 14.2. The van der Waals surface area contributed by atoms with Gasteiger partial charge in [-0.1, -0.05) is 0 Å².